The number of rotatable bonds is 5. The van der Waals surface area contributed by atoms with Crippen molar-refractivity contribution >= 4 is 5.97 Å². The molecular formula is C14H18O5. The molecule has 1 heterocycles. The second-order valence-electron chi connectivity index (χ2n) is 4.66. The minimum Gasteiger partial charge on any atom is -0.497 e. The molecule has 0 atom stereocenters. The summed E-state index contributed by atoms with van der Waals surface area (Å²) in [6.07, 6.45) is 0.969. The first-order valence-corrected chi connectivity index (χ1v) is 6.24. The third-order valence-electron chi connectivity index (χ3n) is 3.48. The molecule has 104 valence electrons. The topological polar surface area (TPSA) is 65.0 Å². The molecule has 5 nitrogen and oxygen atoms in total. The van der Waals surface area contributed by atoms with Gasteiger partial charge in [0.25, 0.3) is 0 Å². The first kappa shape index (κ1) is 13.7. The zero-order valence-electron chi connectivity index (χ0n) is 10.9. The van der Waals surface area contributed by atoms with Gasteiger partial charge >= 0.3 is 5.97 Å². The fraction of sp³-hybridized carbons (Fsp3) is 0.500. The Bertz CT molecular complexity index is 420. The molecule has 1 N–H and O–H groups in total. The Morgan fingerprint density at radius 1 is 1.26 bits per heavy atom. The van der Waals surface area contributed by atoms with E-state index < -0.39 is 11.4 Å². The van der Waals surface area contributed by atoms with Crippen molar-refractivity contribution < 1.29 is 24.1 Å². The zero-order chi connectivity index (χ0) is 13.7. The minimum atomic E-state index is -0.835. The van der Waals surface area contributed by atoms with Crippen molar-refractivity contribution in [1.29, 1.82) is 0 Å². The number of carboxylic acids is 1. The molecule has 0 amide bonds. The van der Waals surface area contributed by atoms with Crippen LogP contribution < -0.4 is 9.47 Å². The van der Waals surface area contributed by atoms with Gasteiger partial charge in [0.1, 0.15) is 23.5 Å². The van der Waals surface area contributed by atoms with Crippen LogP contribution in [0.2, 0.25) is 0 Å². The highest BCUT2D eigenvalue weighted by Crippen LogP contribution is 2.32. The molecule has 1 aliphatic rings. The fourth-order valence-corrected chi connectivity index (χ4v) is 2.08. The number of carboxylic acid groups (broad SMARTS) is 1. The lowest BCUT2D eigenvalue weighted by atomic mass is 9.81. The monoisotopic (exact) mass is 266 g/mol. The van der Waals surface area contributed by atoms with Crippen LogP contribution in [0.1, 0.15) is 12.8 Å². The van der Waals surface area contributed by atoms with Gasteiger partial charge in [-0.15, -0.1) is 0 Å². The lowest BCUT2D eigenvalue weighted by Crippen LogP contribution is -2.42. The van der Waals surface area contributed by atoms with Gasteiger partial charge in [-0.05, 0) is 37.1 Å². The van der Waals surface area contributed by atoms with E-state index in [2.05, 4.69) is 0 Å². The molecule has 1 fully saturated rings. The van der Waals surface area contributed by atoms with E-state index in [-0.39, 0.29) is 6.61 Å². The summed E-state index contributed by atoms with van der Waals surface area (Å²) in [7, 11) is 1.59. The number of carbonyl (C=O) groups is 1. The average molecular weight is 266 g/mol. The van der Waals surface area contributed by atoms with Crippen LogP contribution in [0.4, 0.5) is 0 Å². The Kier molecular flexibility index (Phi) is 4.27. The summed E-state index contributed by atoms with van der Waals surface area (Å²) in [6.45, 7) is 1.11. The number of ether oxygens (including phenoxy) is 3. The largest absolute Gasteiger partial charge is 0.497 e. The van der Waals surface area contributed by atoms with Gasteiger partial charge < -0.3 is 19.3 Å². The molecule has 1 aromatic rings. The van der Waals surface area contributed by atoms with Gasteiger partial charge in [0.15, 0.2) is 0 Å². The first-order chi connectivity index (χ1) is 9.16. The lowest BCUT2D eigenvalue weighted by Gasteiger charge is -2.32. The SMILES string of the molecule is COc1ccc(OCC2(C(=O)O)CCOCC2)cc1. The van der Waals surface area contributed by atoms with Crippen LogP contribution in [0.3, 0.4) is 0 Å². The molecule has 0 unspecified atom stereocenters. The number of hydrogen-bond acceptors (Lipinski definition) is 4. The van der Waals surface area contributed by atoms with E-state index in [1.54, 1.807) is 31.4 Å². The summed E-state index contributed by atoms with van der Waals surface area (Å²) in [5.74, 6) is 0.573. The molecule has 0 aromatic heterocycles. The normalized spacial score (nSPS) is 17.7. The Balaban J connectivity index is 2.00. The third-order valence-corrected chi connectivity index (χ3v) is 3.48. The quantitative estimate of drug-likeness (QED) is 0.882. The lowest BCUT2D eigenvalue weighted by molar-refractivity contribution is -0.157. The summed E-state index contributed by atoms with van der Waals surface area (Å²) >= 11 is 0. The number of hydrogen-bond donors (Lipinski definition) is 1. The van der Waals surface area contributed by atoms with E-state index >= 15 is 0 Å². The molecule has 0 spiro atoms. The van der Waals surface area contributed by atoms with Crippen LogP contribution >= 0.6 is 0 Å². The molecule has 19 heavy (non-hydrogen) atoms. The molecule has 2 rings (SSSR count). The Hall–Kier alpha value is -1.75. The van der Waals surface area contributed by atoms with Crippen LogP contribution in [-0.2, 0) is 9.53 Å². The highest BCUT2D eigenvalue weighted by atomic mass is 16.5. The summed E-state index contributed by atoms with van der Waals surface area (Å²) in [5, 5.41) is 9.39. The maximum Gasteiger partial charge on any atom is 0.313 e. The highest BCUT2D eigenvalue weighted by Gasteiger charge is 2.41. The Labute approximate surface area is 112 Å². The number of aliphatic carboxylic acids is 1. The van der Waals surface area contributed by atoms with Crippen LogP contribution in [0.25, 0.3) is 0 Å². The molecule has 1 saturated heterocycles. The van der Waals surface area contributed by atoms with Crippen molar-refractivity contribution in [1.82, 2.24) is 0 Å². The zero-order valence-corrected chi connectivity index (χ0v) is 10.9. The van der Waals surface area contributed by atoms with Gasteiger partial charge in [0.2, 0.25) is 0 Å². The summed E-state index contributed by atoms with van der Waals surface area (Å²) in [6, 6.07) is 7.11. The summed E-state index contributed by atoms with van der Waals surface area (Å²) in [4.78, 5) is 11.4. The van der Waals surface area contributed by atoms with Crippen molar-refractivity contribution in [2.24, 2.45) is 5.41 Å². The van der Waals surface area contributed by atoms with E-state index in [1.165, 1.54) is 0 Å². The van der Waals surface area contributed by atoms with Gasteiger partial charge in [-0.1, -0.05) is 0 Å². The highest BCUT2D eigenvalue weighted by molar-refractivity contribution is 5.75. The summed E-state index contributed by atoms with van der Waals surface area (Å²) < 4.78 is 15.9. The molecule has 0 radical (unpaired) electrons. The second-order valence-corrected chi connectivity index (χ2v) is 4.66. The van der Waals surface area contributed by atoms with E-state index in [4.69, 9.17) is 14.2 Å². The molecule has 0 bridgehead atoms. The fourth-order valence-electron chi connectivity index (χ4n) is 2.08. The van der Waals surface area contributed by atoms with Gasteiger partial charge in [-0.3, -0.25) is 4.79 Å². The Morgan fingerprint density at radius 3 is 2.37 bits per heavy atom. The van der Waals surface area contributed by atoms with Crippen molar-refractivity contribution in [3.05, 3.63) is 24.3 Å². The van der Waals surface area contributed by atoms with E-state index in [0.29, 0.717) is 31.8 Å². The Morgan fingerprint density at radius 2 is 1.84 bits per heavy atom. The van der Waals surface area contributed by atoms with Crippen molar-refractivity contribution in [2.75, 3.05) is 26.9 Å². The number of methoxy groups -OCH3 is 1. The van der Waals surface area contributed by atoms with Crippen molar-refractivity contribution in [3.8, 4) is 11.5 Å². The van der Waals surface area contributed by atoms with Crippen molar-refractivity contribution in [3.63, 3.8) is 0 Å². The number of benzene rings is 1. The maximum atomic E-state index is 11.4. The first-order valence-electron chi connectivity index (χ1n) is 6.24. The van der Waals surface area contributed by atoms with Gasteiger partial charge in [-0.2, -0.15) is 0 Å². The van der Waals surface area contributed by atoms with E-state index in [9.17, 15) is 9.90 Å². The maximum absolute atomic E-state index is 11.4. The van der Waals surface area contributed by atoms with Crippen LogP contribution in [0.5, 0.6) is 11.5 Å². The van der Waals surface area contributed by atoms with Crippen LogP contribution in [0, 0.1) is 5.41 Å². The van der Waals surface area contributed by atoms with E-state index in [1.807, 2.05) is 0 Å². The molecule has 1 aliphatic heterocycles. The predicted octanol–water partition coefficient (Wildman–Crippen LogP) is 1.96. The van der Waals surface area contributed by atoms with Gasteiger partial charge in [0, 0.05) is 13.2 Å². The standard InChI is InChI=1S/C14H18O5/c1-17-11-2-4-12(5-3-11)19-10-14(13(15)16)6-8-18-9-7-14/h2-5H,6-10H2,1H3,(H,15,16). The third kappa shape index (κ3) is 3.17. The molecule has 5 heteroatoms. The average Bonchev–Trinajstić information content (AvgIpc) is 2.46. The van der Waals surface area contributed by atoms with Gasteiger partial charge in [0.05, 0.1) is 7.11 Å². The van der Waals surface area contributed by atoms with E-state index in [0.717, 1.165) is 5.75 Å². The van der Waals surface area contributed by atoms with Crippen molar-refractivity contribution in [2.45, 2.75) is 12.8 Å². The second kappa shape index (κ2) is 5.93. The molecular weight excluding hydrogens is 248 g/mol. The predicted molar refractivity (Wildman–Crippen MR) is 68.6 cm³/mol. The van der Waals surface area contributed by atoms with Crippen LogP contribution in [-0.4, -0.2) is 38.0 Å². The minimum absolute atomic E-state index is 0.165. The molecule has 1 aromatic carbocycles. The van der Waals surface area contributed by atoms with Gasteiger partial charge in [-0.25, -0.2) is 0 Å². The molecule has 0 aliphatic carbocycles. The smallest absolute Gasteiger partial charge is 0.313 e. The summed E-state index contributed by atoms with van der Waals surface area (Å²) in [5.41, 5.74) is -0.835. The van der Waals surface area contributed by atoms with Crippen LogP contribution in [0.15, 0.2) is 24.3 Å². The molecule has 0 saturated carbocycles.